The van der Waals surface area contributed by atoms with Crippen molar-refractivity contribution in [3.05, 3.63) is 65.7 Å². The minimum atomic E-state index is 0.595. The summed E-state index contributed by atoms with van der Waals surface area (Å²) in [6.45, 7) is 3.67. The molecule has 3 rings (SSSR count). The van der Waals surface area contributed by atoms with Crippen molar-refractivity contribution in [3.8, 4) is 5.75 Å². The summed E-state index contributed by atoms with van der Waals surface area (Å²) in [5.41, 5.74) is 8.27. The predicted molar refractivity (Wildman–Crippen MR) is 90.0 cm³/mol. The van der Waals surface area contributed by atoms with E-state index in [9.17, 15) is 0 Å². The van der Waals surface area contributed by atoms with Crippen LogP contribution in [0, 0.1) is 0 Å². The molecule has 1 unspecified atom stereocenters. The maximum Gasteiger partial charge on any atom is 0.120 e. The first-order valence-corrected chi connectivity index (χ1v) is 8.05. The van der Waals surface area contributed by atoms with Crippen molar-refractivity contribution >= 4 is 0 Å². The summed E-state index contributed by atoms with van der Waals surface area (Å²) < 4.78 is 5.89. The zero-order valence-electron chi connectivity index (χ0n) is 12.9. The molecule has 116 valence electrons. The largest absolute Gasteiger partial charge is 0.489 e. The van der Waals surface area contributed by atoms with Crippen LogP contribution in [0.1, 0.15) is 17.5 Å². The zero-order valence-corrected chi connectivity index (χ0v) is 12.9. The second-order valence-electron chi connectivity index (χ2n) is 5.89. The summed E-state index contributed by atoms with van der Waals surface area (Å²) in [5, 5.41) is 0. The van der Waals surface area contributed by atoms with E-state index in [1.165, 1.54) is 24.1 Å². The molecule has 1 aliphatic heterocycles. The Balaban J connectivity index is 1.51. The van der Waals surface area contributed by atoms with E-state index in [1.54, 1.807) is 0 Å². The number of likely N-dealkylation sites (tertiary alicyclic amines) is 1. The Labute approximate surface area is 132 Å². The molecule has 1 aliphatic rings. The third-order valence-corrected chi connectivity index (χ3v) is 4.37. The molecule has 0 aromatic heterocycles. The van der Waals surface area contributed by atoms with Crippen LogP contribution >= 0.6 is 0 Å². The van der Waals surface area contributed by atoms with E-state index in [4.69, 9.17) is 10.5 Å². The van der Waals surface area contributed by atoms with Gasteiger partial charge in [-0.2, -0.15) is 0 Å². The average molecular weight is 296 g/mol. The Bertz CT molecular complexity index is 583. The van der Waals surface area contributed by atoms with E-state index in [0.717, 1.165) is 25.3 Å². The van der Waals surface area contributed by atoms with E-state index < -0.39 is 0 Å². The summed E-state index contributed by atoms with van der Waals surface area (Å²) in [5.74, 6) is 0.945. The normalized spacial score (nSPS) is 18.0. The lowest BCUT2D eigenvalue weighted by Crippen LogP contribution is -2.52. The maximum absolute atomic E-state index is 5.89. The molecule has 0 spiro atoms. The van der Waals surface area contributed by atoms with Gasteiger partial charge in [0, 0.05) is 25.7 Å². The van der Waals surface area contributed by atoms with Gasteiger partial charge in [-0.05, 0) is 36.1 Å². The molecule has 0 bridgehead atoms. The van der Waals surface area contributed by atoms with Crippen molar-refractivity contribution < 1.29 is 4.74 Å². The van der Waals surface area contributed by atoms with E-state index in [1.807, 2.05) is 24.3 Å². The van der Waals surface area contributed by atoms with Gasteiger partial charge in [-0.25, -0.2) is 0 Å². The molecule has 22 heavy (non-hydrogen) atoms. The topological polar surface area (TPSA) is 38.5 Å². The average Bonchev–Trinajstić information content (AvgIpc) is 2.54. The van der Waals surface area contributed by atoms with Gasteiger partial charge in [-0.15, -0.1) is 0 Å². The highest BCUT2D eigenvalue weighted by Gasteiger charge is 2.25. The number of hydrogen-bond donors (Lipinski definition) is 1. The van der Waals surface area contributed by atoms with Crippen LogP contribution in [0.2, 0.25) is 0 Å². The number of nitrogens with two attached hydrogens (primary N) is 1. The molecule has 0 radical (unpaired) electrons. The standard InChI is InChI=1S/C19H24N2O/c20-14-18-10-12-21(18)11-9-16-7-4-8-19(13-16)22-15-17-5-2-1-3-6-17/h1-8,13,18H,9-12,14-15,20H2. The van der Waals surface area contributed by atoms with Crippen molar-refractivity contribution in [1.29, 1.82) is 0 Å². The summed E-state index contributed by atoms with van der Waals surface area (Å²) >= 11 is 0. The molecule has 1 saturated heterocycles. The quantitative estimate of drug-likeness (QED) is 0.854. The van der Waals surface area contributed by atoms with Crippen LogP contribution in [-0.2, 0) is 13.0 Å². The Morgan fingerprint density at radius 1 is 1.05 bits per heavy atom. The van der Waals surface area contributed by atoms with Crippen molar-refractivity contribution in [3.63, 3.8) is 0 Å². The van der Waals surface area contributed by atoms with Gasteiger partial charge in [0.15, 0.2) is 0 Å². The number of hydrogen-bond acceptors (Lipinski definition) is 3. The van der Waals surface area contributed by atoms with Crippen LogP contribution in [0.5, 0.6) is 5.75 Å². The van der Waals surface area contributed by atoms with Gasteiger partial charge in [-0.1, -0.05) is 42.5 Å². The first kappa shape index (κ1) is 15.1. The summed E-state index contributed by atoms with van der Waals surface area (Å²) in [6, 6.07) is 19.3. The van der Waals surface area contributed by atoms with Gasteiger partial charge in [0.05, 0.1) is 0 Å². The van der Waals surface area contributed by atoms with E-state index in [-0.39, 0.29) is 0 Å². The van der Waals surface area contributed by atoms with E-state index in [2.05, 4.69) is 35.2 Å². The highest BCUT2D eigenvalue weighted by Crippen LogP contribution is 2.19. The molecule has 2 aromatic rings. The second kappa shape index (κ2) is 7.43. The Hall–Kier alpha value is -1.84. The van der Waals surface area contributed by atoms with Gasteiger partial charge in [-0.3, -0.25) is 4.90 Å². The molecule has 3 heteroatoms. The lowest BCUT2D eigenvalue weighted by molar-refractivity contribution is 0.0986. The highest BCUT2D eigenvalue weighted by atomic mass is 16.5. The molecule has 2 N–H and O–H groups in total. The van der Waals surface area contributed by atoms with E-state index >= 15 is 0 Å². The molecule has 0 aliphatic carbocycles. The lowest BCUT2D eigenvalue weighted by atomic mass is 10.0. The SMILES string of the molecule is NCC1CCN1CCc1cccc(OCc2ccccc2)c1. The van der Waals surface area contributed by atoms with Crippen LogP contribution in [0.15, 0.2) is 54.6 Å². The van der Waals surface area contributed by atoms with Crippen molar-refractivity contribution in [2.24, 2.45) is 5.73 Å². The third-order valence-electron chi connectivity index (χ3n) is 4.37. The fourth-order valence-corrected chi connectivity index (χ4v) is 2.86. The molecule has 2 aromatic carbocycles. The first-order valence-electron chi connectivity index (χ1n) is 8.05. The Morgan fingerprint density at radius 2 is 1.86 bits per heavy atom. The Morgan fingerprint density at radius 3 is 2.59 bits per heavy atom. The molecule has 1 heterocycles. The van der Waals surface area contributed by atoms with Crippen LogP contribution in [-0.4, -0.2) is 30.6 Å². The zero-order chi connectivity index (χ0) is 15.2. The molecule has 0 amide bonds. The summed E-state index contributed by atoms with van der Waals surface area (Å²) in [4.78, 5) is 2.47. The van der Waals surface area contributed by atoms with Crippen molar-refractivity contribution in [2.75, 3.05) is 19.6 Å². The molecular formula is C19H24N2O. The van der Waals surface area contributed by atoms with Gasteiger partial charge in [0.2, 0.25) is 0 Å². The number of ether oxygens (including phenoxy) is 1. The second-order valence-corrected chi connectivity index (χ2v) is 5.89. The third kappa shape index (κ3) is 3.87. The van der Waals surface area contributed by atoms with Gasteiger partial charge in [0.1, 0.15) is 12.4 Å². The molecule has 0 saturated carbocycles. The molecule has 1 fully saturated rings. The predicted octanol–water partition coefficient (Wildman–Crippen LogP) is 2.84. The lowest BCUT2D eigenvalue weighted by Gasteiger charge is -2.40. The molecule has 1 atom stereocenters. The van der Waals surface area contributed by atoms with Gasteiger partial charge >= 0.3 is 0 Å². The van der Waals surface area contributed by atoms with Crippen LogP contribution in [0.3, 0.4) is 0 Å². The van der Waals surface area contributed by atoms with Gasteiger partial charge < -0.3 is 10.5 Å². The number of nitrogens with zero attached hydrogens (tertiary/aromatic N) is 1. The van der Waals surface area contributed by atoms with Crippen LogP contribution < -0.4 is 10.5 Å². The molecular weight excluding hydrogens is 272 g/mol. The minimum absolute atomic E-state index is 0.595. The van der Waals surface area contributed by atoms with Crippen molar-refractivity contribution in [1.82, 2.24) is 4.90 Å². The smallest absolute Gasteiger partial charge is 0.120 e. The minimum Gasteiger partial charge on any atom is -0.489 e. The maximum atomic E-state index is 5.89. The van der Waals surface area contributed by atoms with Crippen LogP contribution in [0.4, 0.5) is 0 Å². The van der Waals surface area contributed by atoms with Crippen LogP contribution in [0.25, 0.3) is 0 Å². The highest BCUT2D eigenvalue weighted by molar-refractivity contribution is 5.29. The summed E-state index contributed by atoms with van der Waals surface area (Å²) in [6.07, 6.45) is 2.30. The Kier molecular flexibility index (Phi) is 5.09. The fourth-order valence-electron chi connectivity index (χ4n) is 2.86. The number of rotatable bonds is 7. The molecule has 3 nitrogen and oxygen atoms in total. The fraction of sp³-hybridized carbons (Fsp3) is 0.368. The first-order chi connectivity index (χ1) is 10.8. The monoisotopic (exact) mass is 296 g/mol. The summed E-state index contributed by atoms with van der Waals surface area (Å²) in [7, 11) is 0. The van der Waals surface area contributed by atoms with Gasteiger partial charge in [0.25, 0.3) is 0 Å². The number of benzene rings is 2. The van der Waals surface area contributed by atoms with E-state index in [0.29, 0.717) is 12.6 Å². The van der Waals surface area contributed by atoms with Crippen molar-refractivity contribution in [2.45, 2.75) is 25.5 Å².